The van der Waals surface area contributed by atoms with Crippen LogP contribution in [-0.2, 0) is 10.0 Å². The monoisotopic (exact) mass is 335 g/mol. The van der Waals surface area contributed by atoms with E-state index in [1.165, 1.54) is 13.0 Å². The first-order valence-corrected chi connectivity index (χ1v) is 8.26. The minimum atomic E-state index is -3.91. The number of rotatable bonds is 7. The molecule has 9 heteroatoms. The van der Waals surface area contributed by atoms with E-state index < -0.39 is 21.0 Å². The molecule has 0 aliphatic carbocycles. The Morgan fingerprint density at radius 3 is 2.57 bits per heavy atom. The van der Waals surface area contributed by atoms with Gasteiger partial charge in [0.05, 0.1) is 14.8 Å². The topological polar surface area (TPSA) is 115 Å². The number of nitro groups is 1. The van der Waals surface area contributed by atoms with Gasteiger partial charge in [-0.2, -0.15) is 0 Å². The lowest BCUT2D eigenvalue weighted by molar-refractivity contribution is -0.385. The molecule has 0 aromatic heterocycles. The van der Waals surface area contributed by atoms with Crippen LogP contribution < -0.4 is 10.5 Å². The van der Waals surface area contributed by atoms with Crippen molar-refractivity contribution in [3.63, 3.8) is 0 Å². The van der Waals surface area contributed by atoms with Crippen LogP contribution in [-0.4, -0.2) is 25.9 Å². The van der Waals surface area contributed by atoms with Crippen molar-refractivity contribution in [2.24, 2.45) is 5.73 Å². The normalized spacial score (nSPS) is 13.1. The summed E-state index contributed by atoms with van der Waals surface area (Å²) in [5, 5.41) is 11.0. The second kappa shape index (κ2) is 7.17. The first-order chi connectivity index (χ1) is 9.72. The number of nitrogens with zero attached hydrogens (tertiary/aromatic N) is 1. The molecule has 1 unspecified atom stereocenters. The highest BCUT2D eigenvalue weighted by atomic mass is 35.5. The van der Waals surface area contributed by atoms with Gasteiger partial charge in [0.1, 0.15) is 0 Å². The first-order valence-electron chi connectivity index (χ1n) is 6.39. The Balaban J connectivity index is 3.23. The van der Waals surface area contributed by atoms with Crippen molar-refractivity contribution in [1.29, 1.82) is 0 Å². The van der Waals surface area contributed by atoms with Crippen molar-refractivity contribution in [3.05, 3.63) is 32.8 Å². The number of hydrogen-bond acceptors (Lipinski definition) is 5. The molecule has 0 heterocycles. The third-order valence-corrected chi connectivity index (χ3v) is 4.93. The van der Waals surface area contributed by atoms with E-state index in [2.05, 4.69) is 4.72 Å². The van der Waals surface area contributed by atoms with Gasteiger partial charge in [-0.25, -0.2) is 13.1 Å². The summed E-state index contributed by atoms with van der Waals surface area (Å²) in [5.74, 6) is 0. The number of nitrogens with two attached hydrogens (primary N) is 1. The molecule has 7 nitrogen and oxygen atoms in total. The third kappa shape index (κ3) is 4.37. The van der Waals surface area contributed by atoms with Gasteiger partial charge in [0, 0.05) is 24.2 Å². The lowest BCUT2D eigenvalue weighted by Gasteiger charge is -2.16. The summed E-state index contributed by atoms with van der Waals surface area (Å²) in [6.07, 6.45) is 1.34. The van der Waals surface area contributed by atoms with Crippen LogP contribution in [0, 0.1) is 17.0 Å². The summed E-state index contributed by atoms with van der Waals surface area (Å²) in [5.41, 5.74) is 5.41. The van der Waals surface area contributed by atoms with E-state index in [9.17, 15) is 18.5 Å². The minimum Gasteiger partial charge on any atom is -0.329 e. The number of benzene rings is 1. The lowest BCUT2D eigenvalue weighted by atomic mass is 10.2. The molecule has 0 saturated heterocycles. The summed E-state index contributed by atoms with van der Waals surface area (Å²) in [6.45, 7) is 3.52. The molecule has 0 spiro atoms. The Morgan fingerprint density at radius 1 is 1.48 bits per heavy atom. The van der Waals surface area contributed by atoms with Gasteiger partial charge in [-0.05, 0) is 19.4 Å². The highest BCUT2D eigenvalue weighted by molar-refractivity contribution is 7.89. The molecule has 0 bridgehead atoms. The van der Waals surface area contributed by atoms with Crippen molar-refractivity contribution in [2.75, 3.05) is 6.54 Å². The predicted molar refractivity (Wildman–Crippen MR) is 80.9 cm³/mol. The highest BCUT2D eigenvalue weighted by Gasteiger charge is 2.24. The van der Waals surface area contributed by atoms with Gasteiger partial charge in [-0.3, -0.25) is 10.1 Å². The fourth-order valence-electron chi connectivity index (χ4n) is 1.85. The van der Waals surface area contributed by atoms with Gasteiger partial charge in [0.25, 0.3) is 5.69 Å². The highest BCUT2D eigenvalue weighted by Crippen LogP contribution is 2.29. The van der Waals surface area contributed by atoms with E-state index in [0.717, 1.165) is 12.5 Å². The fraction of sp³-hybridized carbons (Fsp3) is 0.500. The Kier molecular flexibility index (Phi) is 6.09. The Hall–Kier alpha value is -1.22. The van der Waals surface area contributed by atoms with E-state index in [4.69, 9.17) is 17.3 Å². The number of nitrogens with one attached hydrogen (secondary N) is 1. The van der Waals surface area contributed by atoms with Gasteiger partial charge in [0.2, 0.25) is 10.0 Å². The van der Waals surface area contributed by atoms with E-state index in [1.807, 2.05) is 6.92 Å². The van der Waals surface area contributed by atoms with Gasteiger partial charge in [0.15, 0.2) is 0 Å². The summed E-state index contributed by atoms with van der Waals surface area (Å²) in [7, 11) is -3.91. The quantitative estimate of drug-likeness (QED) is 0.583. The fourth-order valence-corrected chi connectivity index (χ4v) is 3.45. The summed E-state index contributed by atoms with van der Waals surface area (Å²) in [6, 6.07) is 1.79. The summed E-state index contributed by atoms with van der Waals surface area (Å²) < 4.78 is 27.0. The lowest BCUT2D eigenvalue weighted by Crippen LogP contribution is -2.40. The average molecular weight is 336 g/mol. The van der Waals surface area contributed by atoms with Crippen LogP contribution in [0.1, 0.15) is 25.3 Å². The molecule has 118 valence electrons. The van der Waals surface area contributed by atoms with E-state index >= 15 is 0 Å². The maximum absolute atomic E-state index is 12.3. The second-order valence-corrected chi connectivity index (χ2v) is 6.77. The molecule has 0 amide bonds. The Labute approximate surface area is 128 Å². The second-order valence-electron chi connectivity index (χ2n) is 4.65. The molecule has 21 heavy (non-hydrogen) atoms. The Bertz CT molecular complexity index is 634. The smallest absolute Gasteiger partial charge is 0.275 e. The predicted octanol–water partition coefficient (Wildman–Crippen LogP) is 1.96. The molecular weight excluding hydrogens is 318 g/mol. The zero-order valence-corrected chi connectivity index (χ0v) is 13.4. The van der Waals surface area contributed by atoms with Crippen LogP contribution in [0.4, 0.5) is 5.69 Å². The molecule has 1 atom stereocenters. The number of nitro benzene ring substituents is 1. The summed E-state index contributed by atoms with van der Waals surface area (Å²) >= 11 is 5.88. The van der Waals surface area contributed by atoms with Crippen LogP contribution in [0.2, 0.25) is 5.02 Å². The van der Waals surface area contributed by atoms with Crippen LogP contribution in [0.25, 0.3) is 0 Å². The standard InChI is InChI=1S/C12H18ClN3O4S/c1-3-4-9(7-14)15-21(19,20)10-5-11(13)8(2)12(6-10)16(17)18/h5-6,9,15H,3-4,7,14H2,1-2H3. The first kappa shape index (κ1) is 17.8. The van der Waals surface area contributed by atoms with Crippen LogP contribution >= 0.6 is 11.6 Å². The van der Waals surface area contributed by atoms with Crippen LogP contribution in [0.15, 0.2) is 17.0 Å². The number of halogens is 1. The van der Waals surface area contributed by atoms with Crippen molar-refractivity contribution in [3.8, 4) is 0 Å². The zero-order chi connectivity index (χ0) is 16.2. The molecule has 1 aromatic rings. The molecular formula is C12H18ClN3O4S. The SMILES string of the molecule is CCCC(CN)NS(=O)(=O)c1cc(Cl)c(C)c([N+](=O)[O-])c1. The zero-order valence-electron chi connectivity index (χ0n) is 11.8. The van der Waals surface area contributed by atoms with Gasteiger partial charge in [-0.15, -0.1) is 0 Å². The van der Waals surface area contributed by atoms with E-state index in [1.54, 1.807) is 0 Å². The van der Waals surface area contributed by atoms with E-state index in [-0.39, 0.29) is 27.7 Å². The van der Waals surface area contributed by atoms with Crippen molar-refractivity contribution in [2.45, 2.75) is 37.6 Å². The molecule has 0 radical (unpaired) electrons. The molecule has 1 rings (SSSR count). The Morgan fingerprint density at radius 2 is 2.10 bits per heavy atom. The number of hydrogen-bond donors (Lipinski definition) is 2. The van der Waals surface area contributed by atoms with Crippen molar-refractivity contribution >= 4 is 27.3 Å². The maximum Gasteiger partial charge on any atom is 0.275 e. The van der Waals surface area contributed by atoms with Crippen molar-refractivity contribution in [1.82, 2.24) is 4.72 Å². The molecule has 0 fully saturated rings. The molecule has 0 aliphatic rings. The largest absolute Gasteiger partial charge is 0.329 e. The minimum absolute atomic E-state index is 0.0318. The summed E-state index contributed by atoms with van der Waals surface area (Å²) in [4.78, 5) is 10.0. The third-order valence-electron chi connectivity index (χ3n) is 3.04. The van der Waals surface area contributed by atoms with Crippen LogP contribution in [0.3, 0.4) is 0 Å². The van der Waals surface area contributed by atoms with Gasteiger partial charge in [-0.1, -0.05) is 24.9 Å². The molecule has 0 saturated carbocycles. The number of sulfonamides is 1. The van der Waals surface area contributed by atoms with Gasteiger partial charge >= 0.3 is 0 Å². The van der Waals surface area contributed by atoms with E-state index in [0.29, 0.717) is 6.42 Å². The molecule has 3 N–H and O–H groups in total. The maximum atomic E-state index is 12.3. The molecule has 1 aromatic carbocycles. The average Bonchev–Trinajstić information content (AvgIpc) is 2.40. The van der Waals surface area contributed by atoms with Crippen LogP contribution in [0.5, 0.6) is 0 Å². The van der Waals surface area contributed by atoms with Gasteiger partial charge < -0.3 is 5.73 Å². The molecule has 0 aliphatic heterocycles. The van der Waals surface area contributed by atoms with Crippen molar-refractivity contribution < 1.29 is 13.3 Å².